The van der Waals surface area contributed by atoms with E-state index in [1.807, 2.05) is 23.0 Å². The van der Waals surface area contributed by atoms with Gasteiger partial charge in [-0.2, -0.15) is 5.10 Å². The number of piperidine rings is 1. The van der Waals surface area contributed by atoms with E-state index in [-0.39, 0.29) is 18.3 Å². The molecule has 1 amide bonds. The number of nitrogens with zero attached hydrogens (tertiary/aromatic N) is 3. The molecule has 4 rings (SSSR count). The average Bonchev–Trinajstić information content (AvgIpc) is 3.37. The molecule has 1 aromatic heterocycles. The molecule has 1 aromatic carbocycles. The SMILES string of the molecule is Cl.O=C(NCC1CCN(c2ccccc2)C1)c1ccn(C2CCCNC2)n1. The highest BCUT2D eigenvalue weighted by atomic mass is 35.5. The van der Waals surface area contributed by atoms with E-state index >= 15 is 0 Å². The molecule has 27 heavy (non-hydrogen) atoms. The normalized spacial score (nSPS) is 22.3. The fourth-order valence-corrected chi connectivity index (χ4v) is 3.92. The predicted octanol–water partition coefficient (Wildman–Crippen LogP) is 2.49. The Hall–Kier alpha value is -2.05. The Kier molecular flexibility index (Phi) is 6.74. The van der Waals surface area contributed by atoms with Crippen LogP contribution in [0, 0.1) is 5.92 Å². The van der Waals surface area contributed by atoms with E-state index in [4.69, 9.17) is 0 Å². The number of carbonyl (C=O) groups excluding carboxylic acids is 1. The Morgan fingerprint density at radius 3 is 2.85 bits per heavy atom. The third-order valence-electron chi connectivity index (χ3n) is 5.44. The van der Waals surface area contributed by atoms with Gasteiger partial charge in [-0.3, -0.25) is 9.48 Å². The molecular weight excluding hydrogens is 362 g/mol. The van der Waals surface area contributed by atoms with E-state index < -0.39 is 0 Å². The average molecular weight is 390 g/mol. The first kappa shape index (κ1) is 19.7. The first-order valence-corrected chi connectivity index (χ1v) is 9.63. The lowest BCUT2D eigenvalue weighted by Gasteiger charge is -2.22. The molecule has 6 nitrogen and oxygen atoms in total. The Balaban J connectivity index is 0.00000210. The maximum atomic E-state index is 12.4. The molecule has 0 radical (unpaired) electrons. The fraction of sp³-hybridized carbons (Fsp3) is 0.500. The molecule has 2 unspecified atom stereocenters. The van der Waals surface area contributed by atoms with Crippen LogP contribution < -0.4 is 15.5 Å². The van der Waals surface area contributed by atoms with Crippen LogP contribution in [0.5, 0.6) is 0 Å². The van der Waals surface area contributed by atoms with E-state index in [0.717, 1.165) is 45.4 Å². The van der Waals surface area contributed by atoms with Gasteiger partial charge in [-0.1, -0.05) is 18.2 Å². The van der Waals surface area contributed by atoms with Crippen LogP contribution in [0.3, 0.4) is 0 Å². The Morgan fingerprint density at radius 1 is 1.22 bits per heavy atom. The van der Waals surface area contributed by atoms with Gasteiger partial charge in [0.15, 0.2) is 0 Å². The summed E-state index contributed by atoms with van der Waals surface area (Å²) in [5.41, 5.74) is 1.79. The topological polar surface area (TPSA) is 62.2 Å². The van der Waals surface area contributed by atoms with E-state index in [1.54, 1.807) is 0 Å². The number of aromatic nitrogens is 2. The van der Waals surface area contributed by atoms with Gasteiger partial charge in [0.25, 0.3) is 5.91 Å². The summed E-state index contributed by atoms with van der Waals surface area (Å²) in [5, 5.41) is 11.0. The van der Waals surface area contributed by atoms with Crippen molar-refractivity contribution in [1.29, 1.82) is 0 Å². The van der Waals surface area contributed by atoms with Crippen LogP contribution in [0.4, 0.5) is 5.69 Å². The van der Waals surface area contributed by atoms with Crippen LogP contribution in [0.1, 0.15) is 35.8 Å². The van der Waals surface area contributed by atoms with Crippen molar-refractivity contribution in [3.63, 3.8) is 0 Å². The number of halogens is 1. The third kappa shape index (κ3) is 4.82. The molecule has 2 atom stereocenters. The molecule has 2 N–H and O–H groups in total. The van der Waals surface area contributed by atoms with Gasteiger partial charge in [0.05, 0.1) is 6.04 Å². The predicted molar refractivity (Wildman–Crippen MR) is 110 cm³/mol. The Bertz CT molecular complexity index is 729. The fourth-order valence-electron chi connectivity index (χ4n) is 3.92. The summed E-state index contributed by atoms with van der Waals surface area (Å²) in [4.78, 5) is 14.8. The summed E-state index contributed by atoms with van der Waals surface area (Å²) in [6, 6.07) is 12.7. The van der Waals surface area contributed by atoms with Gasteiger partial charge in [-0.15, -0.1) is 12.4 Å². The summed E-state index contributed by atoms with van der Waals surface area (Å²) in [6.07, 6.45) is 5.31. The van der Waals surface area contributed by atoms with E-state index in [2.05, 4.69) is 44.9 Å². The van der Waals surface area contributed by atoms with Gasteiger partial charge in [0, 0.05) is 38.1 Å². The van der Waals surface area contributed by atoms with Crippen molar-refractivity contribution in [2.24, 2.45) is 5.92 Å². The number of benzene rings is 1. The van der Waals surface area contributed by atoms with Crippen molar-refractivity contribution in [2.75, 3.05) is 37.6 Å². The first-order valence-electron chi connectivity index (χ1n) is 9.63. The molecule has 2 aromatic rings. The molecule has 2 aliphatic heterocycles. The van der Waals surface area contributed by atoms with Gasteiger partial charge in [0.1, 0.15) is 5.69 Å². The molecule has 2 saturated heterocycles. The number of anilines is 1. The lowest BCUT2D eigenvalue weighted by molar-refractivity contribution is 0.0942. The maximum absolute atomic E-state index is 12.4. The van der Waals surface area contributed by atoms with Crippen LogP contribution >= 0.6 is 12.4 Å². The molecular formula is C20H28ClN5O. The van der Waals surface area contributed by atoms with Gasteiger partial charge in [0.2, 0.25) is 0 Å². The monoisotopic (exact) mass is 389 g/mol. The maximum Gasteiger partial charge on any atom is 0.271 e. The molecule has 0 spiro atoms. The Morgan fingerprint density at radius 2 is 2.07 bits per heavy atom. The summed E-state index contributed by atoms with van der Waals surface area (Å²) < 4.78 is 1.94. The molecule has 2 fully saturated rings. The molecule has 3 heterocycles. The van der Waals surface area contributed by atoms with Gasteiger partial charge >= 0.3 is 0 Å². The van der Waals surface area contributed by atoms with Crippen LogP contribution in [0.25, 0.3) is 0 Å². The smallest absolute Gasteiger partial charge is 0.271 e. The zero-order valence-electron chi connectivity index (χ0n) is 15.5. The summed E-state index contributed by atoms with van der Waals surface area (Å²) in [6.45, 7) is 4.76. The molecule has 0 bridgehead atoms. The second-order valence-electron chi connectivity index (χ2n) is 7.33. The van der Waals surface area contributed by atoms with Crippen LogP contribution in [0.2, 0.25) is 0 Å². The number of hydrogen-bond donors (Lipinski definition) is 2. The van der Waals surface area contributed by atoms with Crippen LogP contribution in [-0.2, 0) is 0 Å². The molecule has 0 saturated carbocycles. The van der Waals surface area contributed by atoms with Crippen molar-refractivity contribution in [3.05, 3.63) is 48.3 Å². The molecule has 0 aliphatic carbocycles. The zero-order valence-corrected chi connectivity index (χ0v) is 16.3. The lowest BCUT2D eigenvalue weighted by Crippen LogP contribution is -2.33. The van der Waals surface area contributed by atoms with E-state index in [0.29, 0.717) is 24.2 Å². The lowest BCUT2D eigenvalue weighted by atomic mass is 10.1. The number of nitrogens with one attached hydrogen (secondary N) is 2. The zero-order chi connectivity index (χ0) is 17.8. The van der Waals surface area contributed by atoms with Crippen molar-refractivity contribution in [1.82, 2.24) is 20.4 Å². The standard InChI is InChI=1S/C20H27N5O.ClH/c26-20(19-9-12-25(23-19)18-7-4-10-21-14-18)22-13-16-8-11-24(15-16)17-5-2-1-3-6-17;/h1-3,5-6,9,12,16,18,21H,4,7-8,10-11,13-15H2,(H,22,26);1H. The molecule has 146 valence electrons. The van der Waals surface area contributed by atoms with E-state index in [9.17, 15) is 4.79 Å². The van der Waals surface area contributed by atoms with Crippen molar-refractivity contribution in [2.45, 2.75) is 25.3 Å². The minimum absolute atomic E-state index is 0. The largest absolute Gasteiger partial charge is 0.371 e. The molecule has 2 aliphatic rings. The second kappa shape index (κ2) is 9.24. The van der Waals surface area contributed by atoms with Gasteiger partial charge in [-0.25, -0.2) is 0 Å². The Labute approximate surface area is 166 Å². The highest BCUT2D eigenvalue weighted by molar-refractivity contribution is 5.92. The summed E-state index contributed by atoms with van der Waals surface area (Å²) >= 11 is 0. The second-order valence-corrected chi connectivity index (χ2v) is 7.33. The number of para-hydroxylation sites is 1. The minimum Gasteiger partial charge on any atom is -0.371 e. The highest BCUT2D eigenvalue weighted by Gasteiger charge is 2.24. The number of hydrogen-bond acceptors (Lipinski definition) is 4. The number of carbonyl (C=O) groups is 1. The van der Waals surface area contributed by atoms with Gasteiger partial charge < -0.3 is 15.5 Å². The van der Waals surface area contributed by atoms with Crippen molar-refractivity contribution in [3.8, 4) is 0 Å². The van der Waals surface area contributed by atoms with Crippen molar-refractivity contribution < 1.29 is 4.79 Å². The summed E-state index contributed by atoms with van der Waals surface area (Å²) in [7, 11) is 0. The van der Waals surface area contributed by atoms with Crippen molar-refractivity contribution >= 4 is 24.0 Å². The van der Waals surface area contributed by atoms with Crippen LogP contribution in [-0.4, -0.2) is 48.4 Å². The number of amides is 1. The van der Waals surface area contributed by atoms with Gasteiger partial charge in [-0.05, 0) is 49.9 Å². The van der Waals surface area contributed by atoms with Crippen LogP contribution in [0.15, 0.2) is 42.6 Å². The number of rotatable bonds is 5. The minimum atomic E-state index is -0.0642. The van der Waals surface area contributed by atoms with E-state index in [1.165, 1.54) is 5.69 Å². The first-order chi connectivity index (χ1) is 12.8. The highest BCUT2D eigenvalue weighted by Crippen LogP contribution is 2.23. The third-order valence-corrected chi connectivity index (χ3v) is 5.44. The summed E-state index contributed by atoms with van der Waals surface area (Å²) in [5.74, 6) is 0.425. The molecule has 7 heteroatoms. The quantitative estimate of drug-likeness (QED) is 0.824.